The van der Waals surface area contributed by atoms with Crippen LogP contribution >= 0.6 is 0 Å². The molecule has 0 spiro atoms. The molecule has 0 heterocycles. The molecule has 0 aromatic carbocycles. The van der Waals surface area contributed by atoms with Crippen molar-refractivity contribution in [3.05, 3.63) is 0 Å². The van der Waals surface area contributed by atoms with Gasteiger partial charge in [-0.25, -0.2) is 8.42 Å². The molecule has 0 aliphatic carbocycles. The Balaban J connectivity index is 4.33. The SMILES string of the molecule is CCCCCCCCCCCC[N+](CCCC)(CCCC)CCCCS(=O)(=O)[O-]. The van der Waals surface area contributed by atoms with E-state index in [-0.39, 0.29) is 5.75 Å². The standard InChI is InChI=1S/C24H51NO3S/c1-4-7-10-11-12-13-14-15-16-17-22-25(20-8-5-2,21-9-6-3)23-18-19-24-29(26,27)28/h4-24H2,1-3H3. The molecular weight excluding hydrogens is 382 g/mol. The molecule has 0 unspecified atom stereocenters. The second kappa shape index (κ2) is 18.6. The number of unbranched alkanes of at least 4 members (excludes halogenated alkanes) is 12. The van der Waals surface area contributed by atoms with E-state index >= 15 is 0 Å². The molecule has 0 saturated carbocycles. The third-order valence-electron chi connectivity index (χ3n) is 6.23. The molecule has 4 nitrogen and oxygen atoms in total. The predicted octanol–water partition coefficient (Wildman–Crippen LogP) is 6.65. The van der Waals surface area contributed by atoms with Crippen LogP contribution in [0.5, 0.6) is 0 Å². The quantitative estimate of drug-likeness (QED) is 0.109. The minimum Gasteiger partial charge on any atom is -0.748 e. The minimum atomic E-state index is -4.07. The smallest absolute Gasteiger partial charge is 0.0945 e. The summed E-state index contributed by atoms with van der Waals surface area (Å²) in [5, 5.41) is 0. The molecule has 0 saturated heterocycles. The summed E-state index contributed by atoms with van der Waals surface area (Å²) >= 11 is 0. The van der Waals surface area contributed by atoms with Crippen LogP contribution in [0, 0.1) is 0 Å². The highest BCUT2D eigenvalue weighted by Crippen LogP contribution is 2.18. The van der Waals surface area contributed by atoms with Gasteiger partial charge < -0.3 is 9.04 Å². The molecular formula is C24H51NO3S. The van der Waals surface area contributed by atoms with Crippen LogP contribution in [0.3, 0.4) is 0 Å². The van der Waals surface area contributed by atoms with Crippen molar-refractivity contribution in [1.82, 2.24) is 0 Å². The lowest BCUT2D eigenvalue weighted by molar-refractivity contribution is -0.929. The van der Waals surface area contributed by atoms with Crippen molar-refractivity contribution in [3.8, 4) is 0 Å². The molecule has 0 fully saturated rings. The van der Waals surface area contributed by atoms with E-state index in [0.29, 0.717) is 6.42 Å². The van der Waals surface area contributed by atoms with E-state index in [1.165, 1.54) is 110 Å². The molecule has 29 heavy (non-hydrogen) atoms. The van der Waals surface area contributed by atoms with Gasteiger partial charge in [-0.3, -0.25) is 0 Å². The first-order valence-corrected chi connectivity index (χ1v) is 14.3. The summed E-state index contributed by atoms with van der Waals surface area (Å²) in [6.07, 6.45) is 19.9. The summed E-state index contributed by atoms with van der Waals surface area (Å²) in [6, 6.07) is 0. The Morgan fingerprint density at radius 3 is 1.28 bits per heavy atom. The van der Waals surface area contributed by atoms with Crippen LogP contribution in [0.25, 0.3) is 0 Å². The summed E-state index contributed by atoms with van der Waals surface area (Å²) < 4.78 is 33.9. The molecule has 0 amide bonds. The Bertz CT molecular complexity index is 443. The Kier molecular flexibility index (Phi) is 18.5. The van der Waals surface area contributed by atoms with E-state index in [1.54, 1.807) is 0 Å². The first kappa shape index (κ1) is 28.9. The lowest BCUT2D eigenvalue weighted by Gasteiger charge is -2.39. The van der Waals surface area contributed by atoms with Crippen molar-refractivity contribution in [3.63, 3.8) is 0 Å². The van der Waals surface area contributed by atoms with Crippen LogP contribution in [0.2, 0.25) is 0 Å². The van der Waals surface area contributed by atoms with E-state index < -0.39 is 10.1 Å². The number of rotatable bonds is 22. The van der Waals surface area contributed by atoms with Gasteiger partial charge in [-0.15, -0.1) is 0 Å². The maximum atomic E-state index is 10.9. The van der Waals surface area contributed by atoms with Crippen LogP contribution < -0.4 is 0 Å². The predicted molar refractivity (Wildman–Crippen MR) is 125 cm³/mol. The topological polar surface area (TPSA) is 57.2 Å². The lowest BCUT2D eigenvalue weighted by Crippen LogP contribution is -2.50. The highest BCUT2D eigenvalue weighted by atomic mass is 32.2. The monoisotopic (exact) mass is 433 g/mol. The molecule has 0 atom stereocenters. The molecule has 0 rings (SSSR count). The summed E-state index contributed by atoms with van der Waals surface area (Å²) in [7, 11) is -4.07. The van der Waals surface area contributed by atoms with Gasteiger partial charge in [0, 0.05) is 5.75 Å². The van der Waals surface area contributed by atoms with Crippen LogP contribution in [0.4, 0.5) is 0 Å². The summed E-state index contributed by atoms with van der Waals surface area (Å²) in [5.41, 5.74) is 0. The molecule has 0 N–H and O–H groups in total. The zero-order chi connectivity index (χ0) is 21.8. The molecule has 0 aromatic rings. The zero-order valence-corrected chi connectivity index (χ0v) is 20.7. The van der Waals surface area contributed by atoms with Gasteiger partial charge in [-0.05, 0) is 38.5 Å². The highest BCUT2D eigenvalue weighted by molar-refractivity contribution is 7.85. The van der Waals surface area contributed by atoms with Crippen molar-refractivity contribution >= 4 is 10.1 Å². The summed E-state index contributed by atoms with van der Waals surface area (Å²) in [4.78, 5) is 0. The van der Waals surface area contributed by atoms with Crippen LogP contribution in [-0.4, -0.2) is 49.4 Å². The molecule has 0 aliphatic rings. The van der Waals surface area contributed by atoms with Gasteiger partial charge in [0.1, 0.15) is 0 Å². The number of quaternary nitrogens is 1. The fraction of sp³-hybridized carbons (Fsp3) is 1.00. The van der Waals surface area contributed by atoms with Gasteiger partial charge >= 0.3 is 0 Å². The second-order valence-electron chi connectivity index (χ2n) is 9.09. The van der Waals surface area contributed by atoms with Gasteiger partial charge in [0.15, 0.2) is 0 Å². The van der Waals surface area contributed by atoms with Gasteiger partial charge in [-0.2, -0.15) is 0 Å². The van der Waals surface area contributed by atoms with E-state index in [4.69, 9.17) is 0 Å². The van der Waals surface area contributed by atoms with Crippen molar-refractivity contribution in [1.29, 1.82) is 0 Å². The van der Waals surface area contributed by atoms with Gasteiger partial charge in [-0.1, -0.05) is 85.0 Å². The fourth-order valence-corrected chi connectivity index (χ4v) is 4.88. The van der Waals surface area contributed by atoms with Crippen LogP contribution in [-0.2, 0) is 10.1 Å². The second-order valence-corrected chi connectivity index (χ2v) is 10.6. The van der Waals surface area contributed by atoms with Crippen LogP contribution in [0.1, 0.15) is 124 Å². The molecule has 0 aliphatic heterocycles. The number of hydrogen-bond acceptors (Lipinski definition) is 3. The maximum Gasteiger partial charge on any atom is 0.0945 e. The van der Waals surface area contributed by atoms with Crippen LogP contribution in [0.15, 0.2) is 0 Å². The van der Waals surface area contributed by atoms with Gasteiger partial charge in [0.2, 0.25) is 0 Å². The number of nitrogens with zero attached hydrogens (tertiary/aromatic N) is 1. The van der Waals surface area contributed by atoms with Crippen molar-refractivity contribution in [2.45, 2.75) is 124 Å². The van der Waals surface area contributed by atoms with Gasteiger partial charge in [0.25, 0.3) is 0 Å². The third-order valence-corrected chi connectivity index (χ3v) is 7.02. The molecule has 176 valence electrons. The Labute approximate surface area is 183 Å². The maximum absolute atomic E-state index is 10.9. The lowest BCUT2D eigenvalue weighted by atomic mass is 10.1. The third kappa shape index (κ3) is 18.4. The summed E-state index contributed by atoms with van der Waals surface area (Å²) in [6.45, 7) is 11.4. The molecule has 0 bridgehead atoms. The Morgan fingerprint density at radius 2 is 0.862 bits per heavy atom. The molecule has 0 aromatic heterocycles. The largest absolute Gasteiger partial charge is 0.748 e. The first-order chi connectivity index (χ1) is 13.9. The van der Waals surface area contributed by atoms with Crippen molar-refractivity contribution < 1.29 is 17.5 Å². The Morgan fingerprint density at radius 1 is 0.517 bits per heavy atom. The normalized spacial score (nSPS) is 12.6. The summed E-state index contributed by atoms with van der Waals surface area (Å²) in [5.74, 6) is -0.202. The van der Waals surface area contributed by atoms with E-state index in [2.05, 4.69) is 20.8 Å². The van der Waals surface area contributed by atoms with Crippen molar-refractivity contribution in [2.75, 3.05) is 31.9 Å². The van der Waals surface area contributed by atoms with Gasteiger partial charge in [0.05, 0.1) is 36.3 Å². The Hall–Kier alpha value is -0.130. The van der Waals surface area contributed by atoms with E-state index in [9.17, 15) is 13.0 Å². The van der Waals surface area contributed by atoms with E-state index in [0.717, 1.165) is 17.4 Å². The number of hydrogen-bond donors (Lipinski definition) is 0. The average Bonchev–Trinajstić information content (AvgIpc) is 2.68. The highest BCUT2D eigenvalue weighted by Gasteiger charge is 2.25. The minimum absolute atomic E-state index is 0.202. The average molecular weight is 434 g/mol. The molecule has 0 radical (unpaired) electrons. The molecule has 5 heteroatoms. The van der Waals surface area contributed by atoms with E-state index in [1.807, 2.05) is 0 Å². The fourth-order valence-electron chi connectivity index (χ4n) is 4.32. The zero-order valence-electron chi connectivity index (χ0n) is 19.9. The van der Waals surface area contributed by atoms with Crippen molar-refractivity contribution in [2.24, 2.45) is 0 Å². The first-order valence-electron chi connectivity index (χ1n) is 12.7.